The van der Waals surface area contributed by atoms with Crippen LogP contribution in [0.4, 0.5) is 5.82 Å². The molecule has 4 nitrogen and oxygen atoms in total. The number of halogens is 1. The molecule has 0 spiro atoms. The second kappa shape index (κ2) is 5.40. The number of aromatic nitrogens is 2. The predicted molar refractivity (Wildman–Crippen MR) is 71.9 cm³/mol. The first-order valence-corrected chi connectivity index (χ1v) is 6.25. The molecular weight excluding hydrogens is 250 g/mol. The van der Waals surface area contributed by atoms with Crippen LogP contribution in [0.15, 0.2) is 22.9 Å². The van der Waals surface area contributed by atoms with Crippen LogP contribution in [0.1, 0.15) is 36.8 Å². The van der Waals surface area contributed by atoms with Crippen LogP contribution in [-0.4, -0.2) is 9.97 Å². The maximum Gasteiger partial charge on any atom is 0.138 e. The fourth-order valence-electron chi connectivity index (χ4n) is 1.78. The molecule has 5 heteroatoms. The number of nitrogens with zero attached hydrogens (tertiary/aromatic N) is 2. The summed E-state index contributed by atoms with van der Waals surface area (Å²) in [4.78, 5) is 8.25. The highest BCUT2D eigenvalue weighted by Crippen LogP contribution is 2.28. The van der Waals surface area contributed by atoms with E-state index in [-0.39, 0.29) is 5.92 Å². The minimum absolute atomic E-state index is 0.263. The predicted octanol–water partition coefficient (Wildman–Crippen LogP) is 3.77. The number of furan rings is 1. The van der Waals surface area contributed by atoms with Crippen molar-refractivity contribution in [3.05, 3.63) is 40.7 Å². The molecule has 1 N–H and O–H groups in total. The number of hydrogen-bond acceptors (Lipinski definition) is 4. The van der Waals surface area contributed by atoms with Gasteiger partial charge in [0.05, 0.1) is 6.54 Å². The first-order valence-electron chi connectivity index (χ1n) is 5.87. The van der Waals surface area contributed by atoms with E-state index < -0.39 is 0 Å². The Kier molecular flexibility index (Phi) is 3.87. The van der Waals surface area contributed by atoms with Gasteiger partial charge in [0, 0.05) is 5.56 Å². The molecule has 0 aromatic carbocycles. The smallest absolute Gasteiger partial charge is 0.138 e. The van der Waals surface area contributed by atoms with Gasteiger partial charge in [0.15, 0.2) is 0 Å². The van der Waals surface area contributed by atoms with Crippen LogP contribution >= 0.6 is 11.6 Å². The van der Waals surface area contributed by atoms with Gasteiger partial charge in [0.1, 0.15) is 28.8 Å². The monoisotopic (exact) mass is 265 g/mol. The zero-order valence-electron chi connectivity index (χ0n) is 10.7. The maximum absolute atomic E-state index is 6.10. The fourth-order valence-corrected chi connectivity index (χ4v) is 2.13. The van der Waals surface area contributed by atoms with Crippen molar-refractivity contribution in [2.24, 2.45) is 0 Å². The molecule has 96 valence electrons. The molecule has 0 atom stereocenters. The summed E-state index contributed by atoms with van der Waals surface area (Å²) in [6.45, 7) is 6.63. The highest BCUT2D eigenvalue weighted by atomic mass is 35.5. The van der Waals surface area contributed by atoms with E-state index in [1.54, 1.807) is 0 Å². The van der Waals surface area contributed by atoms with E-state index in [2.05, 4.69) is 29.1 Å². The van der Waals surface area contributed by atoms with Crippen molar-refractivity contribution in [2.75, 3.05) is 5.32 Å². The van der Waals surface area contributed by atoms with Gasteiger partial charge in [-0.1, -0.05) is 25.4 Å². The van der Waals surface area contributed by atoms with E-state index in [0.717, 1.165) is 22.9 Å². The molecule has 0 aliphatic heterocycles. The van der Waals surface area contributed by atoms with Gasteiger partial charge < -0.3 is 9.73 Å². The highest BCUT2D eigenvalue weighted by Gasteiger charge is 2.13. The summed E-state index contributed by atoms with van der Waals surface area (Å²) in [7, 11) is 0. The lowest BCUT2D eigenvalue weighted by Crippen LogP contribution is -2.06. The first kappa shape index (κ1) is 12.9. The van der Waals surface area contributed by atoms with Crippen molar-refractivity contribution in [2.45, 2.75) is 33.2 Å². The largest absolute Gasteiger partial charge is 0.465 e. The summed E-state index contributed by atoms with van der Waals surface area (Å²) >= 11 is 6.10. The molecule has 2 rings (SSSR count). The Morgan fingerprint density at radius 1 is 1.33 bits per heavy atom. The molecule has 0 saturated heterocycles. The van der Waals surface area contributed by atoms with Crippen LogP contribution in [0, 0.1) is 6.92 Å². The zero-order valence-corrected chi connectivity index (χ0v) is 11.5. The topological polar surface area (TPSA) is 51.0 Å². The first-order chi connectivity index (χ1) is 8.58. The quantitative estimate of drug-likeness (QED) is 0.855. The number of hydrogen-bond donors (Lipinski definition) is 1. The minimum Gasteiger partial charge on any atom is -0.465 e. The molecule has 2 aromatic heterocycles. The van der Waals surface area contributed by atoms with Crippen molar-refractivity contribution in [1.82, 2.24) is 9.97 Å². The third kappa shape index (κ3) is 2.82. The van der Waals surface area contributed by atoms with Crippen LogP contribution in [0.3, 0.4) is 0 Å². The average Bonchev–Trinajstić information content (AvgIpc) is 2.72. The van der Waals surface area contributed by atoms with Gasteiger partial charge >= 0.3 is 0 Å². The molecule has 2 heterocycles. The summed E-state index contributed by atoms with van der Waals surface area (Å²) < 4.78 is 5.50. The normalized spacial score (nSPS) is 10.9. The molecule has 0 unspecified atom stereocenters. The molecule has 0 bridgehead atoms. The van der Waals surface area contributed by atoms with Gasteiger partial charge in [-0.2, -0.15) is 0 Å². The lowest BCUT2D eigenvalue weighted by atomic mass is 10.1. The second-order valence-electron chi connectivity index (χ2n) is 4.45. The summed E-state index contributed by atoms with van der Waals surface area (Å²) in [6.07, 6.45) is 1.46. The van der Waals surface area contributed by atoms with Crippen molar-refractivity contribution in [1.29, 1.82) is 0 Å². The fraction of sp³-hybridized carbons (Fsp3) is 0.385. The standard InChI is InChI=1S/C13H16ClN3O/c1-8(2)11-12(14)16-7-17-13(11)15-6-10-5-4-9(3)18-10/h4-5,7-8H,6H2,1-3H3,(H,15,16,17). The second-order valence-corrected chi connectivity index (χ2v) is 4.81. The number of anilines is 1. The molecular formula is C13H16ClN3O. The van der Waals surface area contributed by atoms with Crippen molar-refractivity contribution in [3.63, 3.8) is 0 Å². The molecule has 0 amide bonds. The Morgan fingerprint density at radius 2 is 2.11 bits per heavy atom. The third-order valence-electron chi connectivity index (χ3n) is 2.64. The Balaban J connectivity index is 2.16. The molecule has 0 radical (unpaired) electrons. The van der Waals surface area contributed by atoms with Crippen LogP contribution in [0.5, 0.6) is 0 Å². The van der Waals surface area contributed by atoms with E-state index in [0.29, 0.717) is 11.7 Å². The van der Waals surface area contributed by atoms with E-state index >= 15 is 0 Å². The lowest BCUT2D eigenvalue weighted by Gasteiger charge is -2.13. The zero-order chi connectivity index (χ0) is 13.1. The lowest BCUT2D eigenvalue weighted by molar-refractivity contribution is 0.490. The Morgan fingerprint density at radius 3 is 2.72 bits per heavy atom. The van der Waals surface area contributed by atoms with Crippen LogP contribution in [-0.2, 0) is 6.54 Å². The molecule has 0 aliphatic carbocycles. The van der Waals surface area contributed by atoms with Gasteiger partial charge in [-0.3, -0.25) is 0 Å². The summed E-state index contributed by atoms with van der Waals surface area (Å²) in [5, 5.41) is 3.73. The highest BCUT2D eigenvalue weighted by molar-refractivity contribution is 6.30. The van der Waals surface area contributed by atoms with Gasteiger partial charge in [0.2, 0.25) is 0 Å². The maximum atomic E-state index is 6.10. The van der Waals surface area contributed by atoms with Gasteiger partial charge in [-0.25, -0.2) is 9.97 Å². The van der Waals surface area contributed by atoms with Gasteiger partial charge in [0.25, 0.3) is 0 Å². The number of rotatable bonds is 4. The Hall–Kier alpha value is -1.55. The van der Waals surface area contributed by atoms with Crippen LogP contribution in [0.2, 0.25) is 5.15 Å². The molecule has 0 fully saturated rings. The summed E-state index contributed by atoms with van der Waals surface area (Å²) in [6, 6.07) is 3.88. The number of aryl methyl sites for hydroxylation is 1. The van der Waals surface area contributed by atoms with Crippen molar-refractivity contribution >= 4 is 17.4 Å². The molecule has 2 aromatic rings. The van der Waals surface area contributed by atoms with Crippen molar-refractivity contribution in [3.8, 4) is 0 Å². The molecule has 18 heavy (non-hydrogen) atoms. The van der Waals surface area contributed by atoms with Crippen molar-refractivity contribution < 1.29 is 4.42 Å². The summed E-state index contributed by atoms with van der Waals surface area (Å²) in [5.74, 6) is 2.80. The van der Waals surface area contributed by atoms with Crippen LogP contribution < -0.4 is 5.32 Å². The van der Waals surface area contributed by atoms with Gasteiger partial charge in [-0.05, 0) is 25.0 Å². The van der Waals surface area contributed by atoms with E-state index in [1.807, 2.05) is 19.1 Å². The van der Waals surface area contributed by atoms with E-state index in [9.17, 15) is 0 Å². The third-order valence-corrected chi connectivity index (χ3v) is 2.94. The average molecular weight is 266 g/mol. The molecule has 0 saturated carbocycles. The SMILES string of the molecule is Cc1ccc(CNc2ncnc(Cl)c2C(C)C)o1. The number of nitrogens with one attached hydrogen (secondary N) is 1. The summed E-state index contributed by atoms with van der Waals surface area (Å²) in [5.41, 5.74) is 0.933. The Bertz CT molecular complexity index is 537. The Labute approximate surface area is 111 Å². The van der Waals surface area contributed by atoms with Gasteiger partial charge in [-0.15, -0.1) is 0 Å². The minimum atomic E-state index is 0.263. The molecule has 0 aliphatic rings. The van der Waals surface area contributed by atoms with E-state index in [4.69, 9.17) is 16.0 Å². The van der Waals surface area contributed by atoms with Crippen LogP contribution in [0.25, 0.3) is 0 Å². The van der Waals surface area contributed by atoms with E-state index in [1.165, 1.54) is 6.33 Å².